The van der Waals surface area contributed by atoms with Gasteiger partial charge in [0.15, 0.2) is 0 Å². The van der Waals surface area contributed by atoms with Crippen molar-refractivity contribution in [3.63, 3.8) is 0 Å². The molecule has 8 aromatic heterocycles. The van der Waals surface area contributed by atoms with Crippen LogP contribution in [0.4, 0.5) is 20.4 Å². The molecule has 19 aromatic rings. The van der Waals surface area contributed by atoms with Crippen molar-refractivity contribution in [2.75, 3.05) is 32.8 Å². The van der Waals surface area contributed by atoms with Crippen LogP contribution in [0.25, 0.3) is 32.7 Å². The first kappa shape index (κ1) is 124. The van der Waals surface area contributed by atoms with Gasteiger partial charge in [0.25, 0.3) is 0 Å². The van der Waals surface area contributed by atoms with E-state index in [0.717, 1.165) is 105 Å². The lowest BCUT2D eigenvalue weighted by Gasteiger charge is -2.01. The number of pyridine rings is 4. The number of aromatic nitrogens is 11. The zero-order valence-corrected chi connectivity index (χ0v) is 93.0. The number of anilines is 2. The predicted molar refractivity (Wildman–Crippen MR) is 609 cm³/mol. The number of H-pyrrole nitrogens is 3. The highest BCUT2D eigenvalue weighted by Gasteiger charge is 2.05. The summed E-state index contributed by atoms with van der Waals surface area (Å²) in [6.45, 7) is 33.7. The van der Waals surface area contributed by atoms with E-state index in [0.29, 0.717) is 52.7 Å². The van der Waals surface area contributed by atoms with E-state index >= 15 is 0 Å². The second-order valence-electron chi connectivity index (χ2n) is 32.0. The third-order valence-corrected chi connectivity index (χ3v) is 22.5. The molecular formula is C114H120BrCl10F2N13O4. The highest BCUT2D eigenvalue weighted by molar-refractivity contribution is 9.10. The van der Waals surface area contributed by atoms with E-state index in [2.05, 4.69) is 134 Å². The summed E-state index contributed by atoms with van der Waals surface area (Å²) in [5, 5.41) is 38.7. The van der Waals surface area contributed by atoms with Crippen molar-refractivity contribution in [3.8, 4) is 23.0 Å². The van der Waals surface area contributed by atoms with Crippen LogP contribution >= 0.6 is 132 Å². The number of nitrogens with one attached hydrogen (secondary N) is 3. The summed E-state index contributed by atoms with van der Waals surface area (Å²) < 4.78 is 40.6. The second kappa shape index (κ2) is 68.0. The van der Waals surface area contributed by atoms with Gasteiger partial charge in [0.2, 0.25) is 0 Å². The lowest BCUT2D eigenvalue weighted by atomic mass is 10.2. The molecule has 0 unspecified atom stereocenters. The van der Waals surface area contributed by atoms with E-state index in [4.69, 9.17) is 147 Å². The number of phenols is 1. The summed E-state index contributed by atoms with van der Waals surface area (Å²) in [5.41, 5.74) is 33.0. The molecule has 0 aliphatic heterocycles. The molecule has 0 bridgehead atoms. The van der Waals surface area contributed by atoms with E-state index in [1.165, 1.54) is 61.8 Å². The Morgan fingerprint density at radius 3 is 1.24 bits per heavy atom. The van der Waals surface area contributed by atoms with Crippen LogP contribution in [0.2, 0.25) is 50.4 Å². The van der Waals surface area contributed by atoms with Gasteiger partial charge in [0, 0.05) is 72.7 Å². The number of phenolic OH excluding ortho intramolecular Hbond substituents is 1. The molecule has 11 aromatic carbocycles. The second-order valence-corrected chi connectivity index (χ2v) is 37.0. The number of halogens is 13. The summed E-state index contributed by atoms with van der Waals surface area (Å²) in [7, 11) is 4.85. The number of aromatic amines is 3. The number of nitrogen functional groups attached to an aromatic ring is 2. The molecule has 0 atom stereocenters. The van der Waals surface area contributed by atoms with Crippen molar-refractivity contribution in [2.45, 2.75) is 118 Å². The number of aromatic hydroxyl groups is 1. The van der Waals surface area contributed by atoms with E-state index in [-0.39, 0.29) is 21.7 Å². The Hall–Kier alpha value is -12.4. The zero-order valence-electron chi connectivity index (χ0n) is 83.8. The molecule has 756 valence electrons. The van der Waals surface area contributed by atoms with Gasteiger partial charge in [-0.1, -0.05) is 213 Å². The fourth-order valence-corrected chi connectivity index (χ4v) is 13.7. The molecule has 144 heavy (non-hydrogen) atoms. The maximum absolute atomic E-state index is 12.4. The monoisotopic (exact) mass is 2200 g/mol. The van der Waals surface area contributed by atoms with Gasteiger partial charge < -0.3 is 35.8 Å². The van der Waals surface area contributed by atoms with Crippen LogP contribution in [0, 0.1) is 129 Å². The Morgan fingerprint density at radius 2 is 0.806 bits per heavy atom. The van der Waals surface area contributed by atoms with E-state index in [1.54, 1.807) is 101 Å². The zero-order chi connectivity index (χ0) is 107. The van der Waals surface area contributed by atoms with Crippen LogP contribution < -0.4 is 25.7 Å². The van der Waals surface area contributed by atoms with Crippen molar-refractivity contribution in [2.24, 2.45) is 0 Å². The van der Waals surface area contributed by atoms with E-state index in [1.807, 2.05) is 280 Å². The average molecular weight is 2210 g/mol. The number of rotatable bonds is 3. The summed E-state index contributed by atoms with van der Waals surface area (Å²) in [4.78, 5) is 19.1. The summed E-state index contributed by atoms with van der Waals surface area (Å²) in [5.74, 6) is 2.95. The van der Waals surface area contributed by atoms with Crippen molar-refractivity contribution < 1.29 is 28.1 Å². The summed E-state index contributed by atoms with van der Waals surface area (Å²) >= 11 is 60.0. The van der Waals surface area contributed by atoms with Crippen molar-refractivity contribution in [1.29, 1.82) is 0 Å². The van der Waals surface area contributed by atoms with E-state index < -0.39 is 0 Å². The van der Waals surface area contributed by atoms with Crippen molar-refractivity contribution >= 4 is 176 Å². The summed E-state index contributed by atoms with van der Waals surface area (Å²) in [6.07, 6.45) is 12.5. The van der Waals surface area contributed by atoms with Crippen LogP contribution in [-0.2, 0) is 0 Å². The molecule has 8 heterocycles. The molecule has 0 aliphatic carbocycles. The topological polar surface area (TPSA) is 250 Å². The minimum absolute atomic E-state index is 0.190. The smallest absolute Gasteiger partial charge is 0.146 e. The quantitative estimate of drug-likeness (QED) is 0.0963. The molecular weight excluding hydrogens is 2090 g/mol. The Bertz CT molecular complexity index is 6510. The predicted octanol–water partition coefficient (Wildman–Crippen LogP) is 35.3. The standard InChI is InChI=1S/C9H9N.C8H7ClN2.2C8H9ClO.C8H8N2.C7H6BrCl.2C7H6Cl2.2C7H6ClF.C7H9NO.C7H9N.C7H8O.C6H8N2.C6H7N.C5H7N3/c1-7-2-3-8-4-5-10-9(8)6-7;1-5-2-3-6-7(4-5)10-11-8(6)9;1-6-3-4-8(10-2)7(9)5-6;1-6-3-4-7(9)8(5-6)10-2;1-6-2-3-7-5-9-10-8(7)4-6;1-5-2-3-6(8)7(9)4-5;1-5-2-6(8)4-7(9)3-5;1-5-2-3-6(8)7(9)4-5;2*1-5-2-3-7(9)6(8)4-5;1-6-3-4-7(9-2)5-8-6;1-6-3-4-7(2)8-5-6;1-6-2-4-7(8)5-3-6;1-5-2-3-8-6(7)4-5;1-6-4-2-3-5-7-6;1-4-2-5(6)8-7-3-4/h2-6,10H,1H3;2-4H,1H3,(H,10,11);2*3-5H,1-2H3;2-5H,1H3,(H,9,10);5*2-4H,1H3;3-5H,1-2H3;3-5H,1-2H3;2-5,8H,1H3;2-4H,1H3,(H2,7,8);2-5H,1H3;2-3H,1H3,(H2,6,8). The number of nitrogens with zero attached hydrogens (tertiary/aromatic N) is 8. The van der Waals surface area contributed by atoms with Gasteiger partial charge in [0.05, 0.1) is 86.1 Å². The van der Waals surface area contributed by atoms with Crippen LogP contribution in [0.3, 0.4) is 0 Å². The Labute approximate surface area is 903 Å². The third kappa shape index (κ3) is 52.7. The average Bonchev–Trinajstić information content (AvgIpc) is 1.71. The minimum Gasteiger partial charge on any atom is -0.508 e. The highest BCUT2D eigenvalue weighted by atomic mass is 79.9. The van der Waals surface area contributed by atoms with Crippen LogP contribution in [0.1, 0.15) is 95.0 Å². The molecule has 0 saturated heterocycles. The van der Waals surface area contributed by atoms with Crippen LogP contribution in [-0.4, -0.2) is 81.9 Å². The first-order valence-corrected chi connectivity index (χ1v) is 48.9. The van der Waals surface area contributed by atoms with Gasteiger partial charge >= 0.3 is 0 Å². The summed E-state index contributed by atoms with van der Waals surface area (Å²) in [6, 6.07) is 84.6. The fraction of sp³-hybridized carbons (Fsp3) is 0.175. The maximum Gasteiger partial charge on any atom is 0.146 e. The normalized spacial score (nSPS) is 9.65. The molecule has 0 saturated carbocycles. The molecule has 0 fully saturated rings. The Balaban J connectivity index is 0.000000320. The minimum atomic E-state index is -0.359. The number of hydrogen-bond donors (Lipinski definition) is 6. The van der Waals surface area contributed by atoms with Gasteiger partial charge in [-0.3, -0.25) is 25.1 Å². The largest absolute Gasteiger partial charge is 0.508 e. The molecule has 0 aliphatic rings. The van der Waals surface area contributed by atoms with Gasteiger partial charge in [0.1, 0.15) is 51.4 Å². The maximum atomic E-state index is 12.4. The molecule has 30 heteroatoms. The lowest BCUT2D eigenvalue weighted by Crippen LogP contribution is -1.91. The van der Waals surface area contributed by atoms with Gasteiger partial charge in [-0.25, -0.2) is 13.8 Å². The van der Waals surface area contributed by atoms with Gasteiger partial charge in [-0.05, 0) is 393 Å². The number of benzene rings is 11. The molecule has 19 rings (SSSR count). The Morgan fingerprint density at radius 1 is 0.326 bits per heavy atom. The molecule has 0 radical (unpaired) electrons. The Kier molecular flexibility index (Phi) is 58.5. The van der Waals surface area contributed by atoms with Crippen molar-refractivity contribution in [3.05, 3.63) is 478 Å². The van der Waals surface area contributed by atoms with Crippen LogP contribution in [0.5, 0.6) is 23.0 Å². The number of ether oxygens (including phenoxy) is 3. The molecule has 0 amide bonds. The number of nitrogens with two attached hydrogens (primary N) is 2. The number of methoxy groups -OCH3 is 3. The fourth-order valence-electron chi connectivity index (χ4n) is 11.1. The number of aryl methyl sites for hydroxylation is 17. The molecule has 17 nitrogen and oxygen atoms in total. The highest BCUT2D eigenvalue weighted by Crippen LogP contribution is 2.29. The SMILES string of the molecule is COc1cc(C)ccc1Cl.COc1ccc(C)cc1Cl.COc1ccc(C)nc1.Cc1cc(Cl)cc(Cl)c1.Cc1ccc(Br)c(Cl)c1.Cc1ccc(C)nc1.Cc1ccc(Cl)c(Cl)c1.Cc1ccc(F)c(Cl)c1.Cc1ccc(F)c(Cl)c1.Cc1ccc(O)cc1.Cc1ccc2c(Cl)[nH]nc2c1.Cc1ccc2cc[nH]c2c1.Cc1ccc2cn[nH]c2c1.Cc1ccccn1.Cc1ccnc(N)c1.Cc1cnnc(N)c1. The lowest BCUT2D eigenvalue weighted by molar-refractivity contribution is 0.412. The number of hydrogen-bond acceptors (Lipinski definition) is 14. The third-order valence-electron chi connectivity index (χ3n) is 18.7. The van der Waals surface area contributed by atoms with E-state index in [9.17, 15) is 8.78 Å². The number of fused-ring (bicyclic) bond motifs is 3. The van der Waals surface area contributed by atoms with Crippen LogP contribution in [0.15, 0.2) is 321 Å². The van der Waals surface area contributed by atoms with Gasteiger partial charge in [-0.2, -0.15) is 15.3 Å². The molecule has 0 spiro atoms. The first-order valence-electron chi connectivity index (χ1n) is 44.3. The van der Waals surface area contributed by atoms with Crippen molar-refractivity contribution in [1.82, 2.24) is 55.5 Å². The van der Waals surface area contributed by atoms with Gasteiger partial charge in [-0.15, -0.1) is 5.10 Å². The first-order chi connectivity index (χ1) is 68.3. The molecule has 8 N–H and O–H groups in total.